The summed E-state index contributed by atoms with van der Waals surface area (Å²) >= 11 is 5.81. The molecule has 3 aromatic rings. The van der Waals surface area contributed by atoms with Gasteiger partial charge in [-0.15, -0.1) is 0 Å². The summed E-state index contributed by atoms with van der Waals surface area (Å²) < 4.78 is 41.3. The average Bonchev–Trinajstić information content (AvgIpc) is 2.86. The first kappa shape index (κ1) is 15.6. The highest BCUT2D eigenvalue weighted by Gasteiger charge is 2.39. The minimum Gasteiger partial charge on any atom is -0.308 e. The van der Waals surface area contributed by atoms with E-state index in [9.17, 15) is 13.2 Å². The third-order valence-electron chi connectivity index (χ3n) is 3.27. The predicted molar refractivity (Wildman–Crippen MR) is 81.0 cm³/mol. The summed E-state index contributed by atoms with van der Waals surface area (Å²) in [5.41, 5.74) is 2.07. The Morgan fingerprint density at radius 1 is 1.22 bits per heavy atom. The summed E-state index contributed by atoms with van der Waals surface area (Å²) in [5, 5.41) is 4.07. The number of halogens is 4. The van der Waals surface area contributed by atoms with E-state index in [0.29, 0.717) is 16.3 Å². The number of hydrogen-bond donors (Lipinski definition) is 2. The maximum Gasteiger partial charge on any atom is 0.435 e. The van der Waals surface area contributed by atoms with Crippen LogP contribution in [0.25, 0.3) is 16.8 Å². The third kappa shape index (κ3) is 2.71. The zero-order valence-electron chi connectivity index (χ0n) is 11.8. The normalized spacial score (nSPS) is 11.9. The van der Waals surface area contributed by atoms with Crippen molar-refractivity contribution in [1.82, 2.24) is 14.6 Å². The zero-order valence-corrected chi connectivity index (χ0v) is 12.6. The molecule has 23 heavy (non-hydrogen) atoms. The van der Waals surface area contributed by atoms with E-state index in [1.165, 1.54) is 30.3 Å². The molecule has 0 spiro atoms. The van der Waals surface area contributed by atoms with Gasteiger partial charge in [0.05, 0.1) is 5.56 Å². The van der Waals surface area contributed by atoms with Crippen LogP contribution in [-0.4, -0.2) is 14.6 Å². The molecule has 3 rings (SSSR count). The highest BCUT2D eigenvalue weighted by Crippen LogP contribution is 2.39. The van der Waals surface area contributed by atoms with Gasteiger partial charge >= 0.3 is 6.18 Å². The number of fused-ring (bicyclic) bond motifs is 1. The van der Waals surface area contributed by atoms with Crippen LogP contribution in [0.5, 0.6) is 0 Å². The van der Waals surface area contributed by atoms with E-state index < -0.39 is 11.9 Å². The van der Waals surface area contributed by atoms with Crippen molar-refractivity contribution in [2.45, 2.75) is 13.1 Å². The maximum atomic E-state index is 13.4. The Bertz CT molecular complexity index is 871. The molecule has 0 aliphatic rings. The second kappa shape index (κ2) is 5.39. The molecule has 0 fully saturated rings. The summed E-state index contributed by atoms with van der Waals surface area (Å²) in [6.45, 7) is 1.66. The van der Waals surface area contributed by atoms with Crippen LogP contribution in [0.1, 0.15) is 11.4 Å². The fourth-order valence-electron chi connectivity index (χ4n) is 2.32. The largest absolute Gasteiger partial charge is 0.435 e. The maximum absolute atomic E-state index is 13.4. The van der Waals surface area contributed by atoms with Crippen molar-refractivity contribution < 1.29 is 13.2 Å². The number of nitrogens with zero attached hydrogens (tertiary/aromatic N) is 3. The first-order chi connectivity index (χ1) is 10.8. The standard InChI is InChI=1S/C14H11ClF3N5/c1-7-6-10(21-19)23-13(20-7)11(12(22-23)14(16,17)18)8-2-4-9(15)5-3-8/h2-6,21H,19H2,1H3. The average molecular weight is 342 g/mol. The second-order valence-corrected chi connectivity index (χ2v) is 5.33. The smallest absolute Gasteiger partial charge is 0.308 e. The van der Waals surface area contributed by atoms with Gasteiger partial charge in [0, 0.05) is 16.8 Å². The monoisotopic (exact) mass is 341 g/mol. The number of aromatic nitrogens is 3. The lowest BCUT2D eigenvalue weighted by Crippen LogP contribution is -2.13. The number of rotatable bonds is 2. The summed E-state index contributed by atoms with van der Waals surface area (Å²) in [4.78, 5) is 4.19. The first-order valence-electron chi connectivity index (χ1n) is 6.51. The fraction of sp³-hybridized carbons (Fsp3) is 0.143. The molecule has 0 saturated carbocycles. The van der Waals surface area contributed by atoms with E-state index in [4.69, 9.17) is 17.4 Å². The number of alkyl halides is 3. The molecule has 0 radical (unpaired) electrons. The molecule has 2 aromatic heterocycles. The molecule has 0 aliphatic heterocycles. The minimum absolute atomic E-state index is 0.0626. The van der Waals surface area contributed by atoms with E-state index in [2.05, 4.69) is 15.5 Å². The van der Waals surface area contributed by atoms with Crippen LogP contribution < -0.4 is 11.3 Å². The van der Waals surface area contributed by atoms with E-state index >= 15 is 0 Å². The summed E-state index contributed by atoms with van der Waals surface area (Å²) in [5.74, 6) is 5.58. The zero-order chi connectivity index (χ0) is 16.8. The number of nitrogen functional groups attached to an aromatic ring is 1. The van der Waals surface area contributed by atoms with Gasteiger partial charge in [0.1, 0.15) is 5.82 Å². The van der Waals surface area contributed by atoms with Crippen molar-refractivity contribution in [2.75, 3.05) is 5.43 Å². The number of benzene rings is 1. The molecule has 0 unspecified atom stereocenters. The first-order valence-corrected chi connectivity index (χ1v) is 6.89. The van der Waals surface area contributed by atoms with E-state index in [1.807, 2.05) is 0 Å². The van der Waals surface area contributed by atoms with Crippen LogP contribution in [0.3, 0.4) is 0 Å². The molecule has 9 heteroatoms. The van der Waals surface area contributed by atoms with Crippen LogP contribution >= 0.6 is 11.6 Å². The lowest BCUT2D eigenvalue weighted by Gasteiger charge is -2.07. The molecule has 0 aliphatic carbocycles. The Morgan fingerprint density at radius 3 is 2.43 bits per heavy atom. The summed E-state index contributed by atoms with van der Waals surface area (Å²) in [7, 11) is 0. The van der Waals surface area contributed by atoms with Gasteiger partial charge in [-0.05, 0) is 24.6 Å². The number of hydrogen-bond acceptors (Lipinski definition) is 4. The lowest BCUT2D eigenvalue weighted by atomic mass is 10.1. The Morgan fingerprint density at radius 2 is 1.87 bits per heavy atom. The van der Waals surface area contributed by atoms with Gasteiger partial charge in [-0.25, -0.2) is 10.8 Å². The van der Waals surface area contributed by atoms with E-state index in [-0.39, 0.29) is 17.0 Å². The van der Waals surface area contributed by atoms with Gasteiger partial charge in [-0.2, -0.15) is 22.8 Å². The molecule has 5 nitrogen and oxygen atoms in total. The molecular weight excluding hydrogens is 331 g/mol. The number of hydrazine groups is 1. The van der Waals surface area contributed by atoms with Crippen LogP contribution in [0.2, 0.25) is 5.02 Å². The van der Waals surface area contributed by atoms with Crippen molar-refractivity contribution in [3.05, 3.63) is 46.7 Å². The van der Waals surface area contributed by atoms with Gasteiger partial charge in [-0.3, -0.25) is 0 Å². The topological polar surface area (TPSA) is 68.2 Å². The van der Waals surface area contributed by atoms with Crippen LogP contribution in [0.4, 0.5) is 19.0 Å². The van der Waals surface area contributed by atoms with Gasteiger partial charge in [0.25, 0.3) is 0 Å². The van der Waals surface area contributed by atoms with Gasteiger partial charge in [0.2, 0.25) is 0 Å². The van der Waals surface area contributed by atoms with Crippen LogP contribution in [0.15, 0.2) is 30.3 Å². The minimum atomic E-state index is -4.64. The molecule has 3 N–H and O–H groups in total. The van der Waals surface area contributed by atoms with E-state index in [1.54, 1.807) is 6.92 Å². The molecule has 0 saturated heterocycles. The highest BCUT2D eigenvalue weighted by atomic mass is 35.5. The Kier molecular flexibility index (Phi) is 3.65. The highest BCUT2D eigenvalue weighted by molar-refractivity contribution is 6.30. The molecule has 0 bridgehead atoms. The number of aryl methyl sites for hydroxylation is 1. The van der Waals surface area contributed by atoms with Gasteiger partial charge in [-0.1, -0.05) is 23.7 Å². The Labute approximate surface area is 133 Å². The Balaban J connectivity index is 2.41. The SMILES string of the molecule is Cc1cc(NN)n2nc(C(F)(F)F)c(-c3ccc(Cl)cc3)c2n1. The lowest BCUT2D eigenvalue weighted by molar-refractivity contribution is -0.140. The fourth-order valence-corrected chi connectivity index (χ4v) is 2.45. The van der Waals surface area contributed by atoms with Gasteiger partial charge in [0.15, 0.2) is 11.3 Å². The molecule has 120 valence electrons. The molecule has 2 heterocycles. The summed E-state index contributed by atoms with van der Waals surface area (Å²) in [6, 6.07) is 7.52. The van der Waals surface area contributed by atoms with Crippen molar-refractivity contribution in [1.29, 1.82) is 0 Å². The van der Waals surface area contributed by atoms with Gasteiger partial charge < -0.3 is 5.43 Å². The summed E-state index contributed by atoms with van der Waals surface area (Å²) in [6.07, 6.45) is -4.64. The van der Waals surface area contributed by atoms with Crippen molar-refractivity contribution >= 4 is 23.1 Å². The van der Waals surface area contributed by atoms with Crippen molar-refractivity contribution in [3.8, 4) is 11.1 Å². The Hall–Kier alpha value is -2.32. The second-order valence-electron chi connectivity index (χ2n) is 4.89. The molecular formula is C14H11ClF3N5. The molecule has 1 aromatic carbocycles. The molecule has 0 amide bonds. The quantitative estimate of drug-likeness (QED) is 0.551. The van der Waals surface area contributed by atoms with Crippen molar-refractivity contribution in [3.63, 3.8) is 0 Å². The van der Waals surface area contributed by atoms with Crippen LogP contribution in [-0.2, 0) is 6.18 Å². The van der Waals surface area contributed by atoms with E-state index in [0.717, 1.165) is 4.52 Å². The number of nitrogens with two attached hydrogens (primary N) is 1. The third-order valence-corrected chi connectivity index (χ3v) is 3.52. The van der Waals surface area contributed by atoms with Crippen LogP contribution in [0, 0.1) is 6.92 Å². The number of nitrogens with one attached hydrogen (secondary N) is 1. The number of anilines is 1. The predicted octanol–water partition coefficient (Wildman–Crippen LogP) is 3.66. The molecule has 0 atom stereocenters. The van der Waals surface area contributed by atoms with Crippen molar-refractivity contribution in [2.24, 2.45) is 5.84 Å².